The molecule has 4 nitrogen and oxygen atoms in total. The molecule has 4 heteroatoms. The highest BCUT2D eigenvalue weighted by Crippen LogP contribution is 2.31. The number of unbranched alkanes of at least 4 members (excludes halogenated alkanes) is 5. The second-order valence-electron chi connectivity index (χ2n) is 9.08. The van der Waals surface area contributed by atoms with E-state index in [9.17, 15) is 9.59 Å². The van der Waals surface area contributed by atoms with Crippen molar-refractivity contribution >= 4 is 11.8 Å². The average molecular weight is 456 g/mol. The molecule has 0 fully saturated rings. The van der Waals surface area contributed by atoms with Crippen molar-refractivity contribution in [2.24, 2.45) is 0 Å². The summed E-state index contributed by atoms with van der Waals surface area (Å²) in [5.41, 5.74) is 6.07. The van der Waals surface area contributed by atoms with E-state index in [0.717, 1.165) is 50.9 Å². The Hall–Kier alpha value is -3.40. The monoisotopic (exact) mass is 455 g/mol. The van der Waals surface area contributed by atoms with Gasteiger partial charge in [-0.05, 0) is 73.2 Å². The fourth-order valence-corrected chi connectivity index (χ4v) is 4.78. The number of ether oxygens (including phenoxy) is 1. The predicted octanol–water partition coefficient (Wildman–Crippen LogP) is 6.99. The standard InChI is InChI=1S/C30H33NO3/c1-22-20-25(21-23(2)28(22)24-14-8-7-9-15-24)34-19-13-6-4-3-5-12-18-31-29(32)26-16-10-11-17-27(26)30(31)33/h7-11,14-17,20-21H,3-6,12-13,18-19H2,1-2H3. The molecule has 1 aliphatic rings. The van der Waals surface area contributed by atoms with Crippen LogP contribution in [-0.2, 0) is 0 Å². The summed E-state index contributed by atoms with van der Waals surface area (Å²) in [5.74, 6) is 0.635. The van der Waals surface area contributed by atoms with Gasteiger partial charge in [-0.25, -0.2) is 0 Å². The largest absolute Gasteiger partial charge is 0.494 e. The third kappa shape index (κ3) is 5.39. The lowest BCUT2D eigenvalue weighted by molar-refractivity contribution is 0.0651. The number of imide groups is 1. The van der Waals surface area contributed by atoms with Crippen molar-refractivity contribution in [1.29, 1.82) is 0 Å². The minimum absolute atomic E-state index is 0.153. The SMILES string of the molecule is Cc1cc(OCCCCCCCCN2C(=O)c3ccccc3C2=O)cc(C)c1-c1ccccc1. The van der Waals surface area contributed by atoms with Gasteiger partial charge < -0.3 is 4.74 Å². The van der Waals surface area contributed by atoms with Crippen molar-refractivity contribution in [3.8, 4) is 16.9 Å². The molecule has 2 amide bonds. The number of hydrogen-bond acceptors (Lipinski definition) is 3. The van der Waals surface area contributed by atoms with Crippen LogP contribution in [0.3, 0.4) is 0 Å². The summed E-state index contributed by atoms with van der Waals surface area (Å²) in [5, 5.41) is 0. The number of amides is 2. The van der Waals surface area contributed by atoms with E-state index in [4.69, 9.17) is 4.74 Å². The molecule has 3 aromatic rings. The van der Waals surface area contributed by atoms with E-state index >= 15 is 0 Å². The normalized spacial score (nSPS) is 12.8. The van der Waals surface area contributed by atoms with Gasteiger partial charge >= 0.3 is 0 Å². The Morgan fingerprint density at radius 2 is 1.21 bits per heavy atom. The molecule has 0 saturated heterocycles. The Bertz CT molecular complexity index is 1090. The second-order valence-corrected chi connectivity index (χ2v) is 9.08. The fraction of sp³-hybridized carbons (Fsp3) is 0.333. The lowest BCUT2D eigenvalue weighted by Crippen LogP contribution is -2.30. The highest BCUT2D eigenvalue weighted by molar-refractivity contribution is 6.21. The molecule has 3 aromatic carbocycles. The quantitative estimate of drug-likeness (QED) is 0.231. The van der Waals surface area contributed by atoms with Crippen LogP contribution in [0.4, 0.5) is 0 Å². The average Bonchev–Trinajstić information content (AvgIpc) is 3.08. The van der Waals surface area contributed by atoms with Crippen LogP contribution < -0.4 is 4.74 Å². The van der Waals surface area contributed by atoms with Gasteiger partial charge in [-0.15, -0.1) is 0 Å². The number of rotatable bonds is 11. The molecule has 0 aliphatic carbocycles. The van der Waals surface area contributed by atoms with Gasteiger partial charge in [0, 0.05) is 6.54 Å². The van der Waals surface area contributed by atoms with Gasteiger partial charge in [-0.2, -0.15) is 0 Å². The summed E-state index contributed by atoms with van der Waals surface area (Å²) in [4.78, 5) is 26.2. The first-order valence-electron chi connectivity index (χ1n) is 12.3. The van der Waals surface area contributed by atoms with Gasteiger partial charge in [0.25, 0.3) is 11.8 Å². The van der Waals surface area contributed by atoms with Crippen molar-refractivity contribution < 1.29 is 14.3 Å². The van der Waals surface area contributed by atoms with E-state index in [1.54, 1.807) is 24.3 Å². The number of carbonyl (C=O) groups excluding carboxylic acids is 2. The minimum Gasteiger partial charge on any atom is -0.494 e. The van der Waals surface area contributed by atoms with Gasteiger partial charge in [-0.3, -0.25) is 14.5 Å². The molecule has 4 rings (SSSR count). The number of aryl methyl sites for hydroxylation is 2. The van der Waals surface area contributed by atoms with Gasteiger partial charge in [0.2, 0.25) is 0 Å². The van der Waals surface area contributed by atoms with Crippen molar-refractivity contribution in [1.82, 2.24) is 4.90 Å². The molecular formula is C30H33NO3. The Kier molecular flexibility index (Phi) is 7.79. The lowest BCUT2D eigenvalue weighted by atomic mass is 9.95. The van der Waals surface area contributed by atoms with Crippen LogP contribution in [0, 0.1) is 13.8 Å². The smallest absolute Gasteiger partial charge is 0.261 e. The Morgan fingerprint density at radius 3 is 1.82 bits per heavy atom. The van der Waals surface area contributed by atoms with Crippen LogP contribution in [0.2, 0.25) is 0 Å². The maximum Gasteiger partial charge on any atom is 0.261 e. The molecule has 0 radical (unpaired) electrons. The summed E-state index contributed by atoms with van der Waals surface area (Å²) in [6.07, 6.45) is 6.26. The maximum absolute atomic E-state index is 12.4. The molecule has 176 valence electrons. The molecule has 34 heavy (non-hydrogen) atoms. The van der Waals surface area contributed by atoms with Crippen LogP contribution in [0.15, 0.2) is 66.7 Å². The van der Waals surface area contributed by atoms with Crippen LogP contribution in [-0.4, -0.2) is 29.9 Å². The van der Waals surface area contributed by atoms with Crippen LogP contribution in [0.25, 0.3) is 11.1 Å². The first-order valence-corrected chi connectivity index (χ1v) is 12.3. The van der Waals surface area contributed by atoms with E-state index in [1.807, 2.05) is 6.07 Å². The maximum atomic E-state index is 12.4. The summed E-state index contributed by atoms with van der Waals surface area (Å²) in [7, 11) is 0. The number of hydrogen-bond donors (Lipinski definition) is 0. The highest BCUT2D eigenvalue weighted by atomic mass is 16.5. The zero-order valence-corrected chi connectivity index (χ0v) is 20.2. The molecule has 0 aromatic heterocycles. The second kappa shape index (κ2) is 11.1. The van der Waals surface area contributed by atoms with E-state index in [1.165, 1.54) is 27.2 Å². The van der Waals surface area contributed by atoms with Gasteiger partial charge in [0.1, 0.15) is 5.75 Å². The Morgan fingerprint density at radius 1 is 0.676 bits per heavy atom. The van der Waals surface area contributed by atoms with Crippen molar-refractivity contribution in [2.75, 3.05) is 13.2 Å². The molecule has 0 atom stereocenters. The molecular weight excluding hydrogens is 422 g/mol. The predicted molar refractivity (Wildman–Crippen MR) is 136 cm³/mol. The van der Waals surface area contributed by atoms with Crippen molar-refractivity contribution in [2.45, 2.75) is 52.4 Å². The summed E-state index contributed by atoms with van der Waals surface area (Å²) in [6.45, 7) is 5.51. The van der Waals surface area contributed by atoms with Crippen LogP contribution >= 0.6 is 0 Å². The van der Waals surface area contributed by atoms with Gasteiger partial charge in [0.15, 0.2) is 0 Å². The molecule has 0 saturated carbocycles. The zero-order valence-electron chi connectivity index (χ0n) is 20.2. The van der Waals surface area contributed by atoms with E-state index in [-0.39, 0.29) is 11.8 Å². The molecule has 1 aliphatic heterocycles. The number of carbonyl (C=O) groups is 2. The van der Waals surface area contributed by atoms with E-state index in [0.29, 0.717) is 17.7 Å². The fourth-order valence-electron chi connectivity index (χ4n) is 4.78. The molecule has 0 unspecified atom stereocenters. The van der Waals surface area contributed by atoms with Gasteiger partial charge in [0.05, 0.1) is 17.7 Å². The third-order valence-corrected chi connectivity index (χ3v) is 6.49. The van der Waals surface area contributed by atoms with E-state index in [2.05, 4.69) is 50.2 Å². The van der Waals surface area contributed by atoms with Crippen molar-refractivity contribution in [3.05, 3.63) is 89.0 Å². The Labute approximate surface area is 202 Å². The Balaban J connectivity index is 1.12. The third-order valence-electron chi connectivity index (χ3n) is 6.49. The molecule has 1 heterocycles. The van der Waals surface area contributed by atoms with Crippen molar-refractivity contribution in [3.63, 3.8) is 0 Å². The number of fused-ring (bicyclic) bond motifs is 1. The lowest BCUT2D eigenvalue weighted by Gasteiger charge is -2.14. The molecule has 0 N–H and O–H groups in total. The first kappa shape index (κ1) is 23.7. The van der Waals surface area contributed by atoms with Gasteiger partial charge in [-0.1, -0.05) is 68.1 Å². The zero-order chi connectivity index (χ0) is 23.9. The minimum atomic E-state index is -0.153. The first-order chi connectivity index (χ1) is 16.6. The number of benzene rings is 3. The topological polar surface area (TPSA) is 46.6 Å². The van der Waals surface area contributed by atoms with Crippen LogP contribution in [0.5, 0.6) is 5.75 Å². The highest BCUT2D eigenvalue weighted by Gasteiger charge is 2.34. The summed E-state index contributed by atoms with van der Waals surface area (Å²) < 4.78 is 6.03. The van der Waals surface area contributed by atoms with E-state index < -0.39 is 0 Å². The molecule has 0 bridgehead atoms. The van der Waals surface area contributed by atoms with Crippen LogP contribution in [0.1, 0.15) is 70.4 Å². The molecule has 0 spiro atoms. The summed E-state index contributed by atoms with van der Waals surface area (Å²) in [6, 6.07) is 21.8. The number of nitrogens with zero attached hydrogens (tertiary/aromatic N) is 1. The summed E-state index contributed by atoms with van der Waals surface area (Å²) >= 11 is 0.